The number of nitrogens with one attached hydrogen (secondary N) is 1. The summed E-state index contributed by atoms with van der Waals surface area (Å²) in [6, 6.07) is 18.6. The smallest absolute Gasteiger partial charge is 0.220 e. The third-order valence-electron chi connectivity index (χ3n) is 5.33. The van der Waals surface area contributed by atoms with E-state index in [1.54, 1.807) is 12.4 Å². The molecule has 3 rings (SSSR count). The first-order valence-electron chi connectivity index (χ1n) is 10.9. The van der Waals surface area contributed by atoms with Gasteiger partial charge in [-0.3, -0.25) is 14.8 Å². The van der Waals surface area contributed by atoms with Gasteiger partial charge >= 0.3 is 0 Å². The monoisotopic (exact) mass is 401 g/mol. The second-order valence-electron chi connectivity index (χ2n) is 7.76. The Morgan fingerprint density at radius 3 is 1.83 bits per heavy atom. The fourth-order valence-corrected chi connectivity index (χ4v) is 3.69. The lowest BCUT2D eigenvalue weighted by atomic mass is 9.99. The first-order chi connectivity index (χ1) is 14.8. The van der Waals surface area contributed by atoms with E-state index in [4.69, 9.17) is 0 Å². The summed E-state index contributed by atoms with van der Waals surface area (Å²) in [6.45, 7) is 0. The SMILES string of the molecule is O=C(CCc1ccccc1)NC(CCCc1cccnc1)CCCc1cccnc1. The van der Waals surface area contributed by atoms with E-state index in [-0.39, 0.29) is 11.9 Å². The molecule has 0 bridgehead atoms. The van der Waals surface area contributed by atoms with Crippen molar-refractivity contribution in [1.29, 1.82) is 0 Å². The lowest BCUT2D eigenvalue weighted by Crippen LogP contribution is -2.35. The fourth-order valence-electron chi connectivity index (χ4n) is 3.69. The number of aryl methyl sites for hydroxylation is 3. The van der Waals surface area contributed by atoms with Crippen molar-refractivity contribution in [2.75, 3.05) is 0 Å². The van der Waals surface area contributed by atoms with Crippen LogP contribution in [-0.2, 0) is 24.1 Å². The van der Waals surface area contributed by atoms with Crippen molar-refractivity contribution in [3.05, 3.63) is 96.1 Å². The molecule has 2 aromatic heterocycles. The van der Waals surface area contributed by atoms with Crippen LogP contribution in [0.3, 0.4) is 0 Å². The van der Waals surface area contributed by atoms with Crippen LogP contribution in [0.4, 0.5) is 0 Å². The summed E-state index contributed by atoms with van der Waals surface area (Å²) < 4.78 is 0. The Bertz CT molecular complexity index is 808. The van der Waals surface area contributed by atoms with Crippen LogP contribution in [0, 0.1) is 0 Å². The van der Waals surface area contributed by atoms with Gasteiger partial charge in [-0.1, -0.05) is 42.5 Å². The summed E-state index contributed by atoms with van der Waals surface area (Å²) in [5, 5.41) is 3.29. The van der Waals surface area contributed by atoms with Gasteiger partial charge in [0.1, 0.15) is 0 Å². The molecule has 0 unspecified atom stereocenters. The second-order valence-corrected chi connectivity index (χ2v) is 7.76. The Kier molecular flexibility index (Phi) is 9.06. The molecular formula is C26H31N3O. The zero-order chi connectivity index (χ0) is 20.9. The van der Waals surface area contributed by atoms with Gasteiger partial charge in [0, 0.05) is 37.3 Å². The lowest BCUT2D eigenvalue weighted by molar-refractivity contribution is -0.121. The Labute approximate surface area is 179 Å². The number of hydrogen-bond donors (Lipinski definition) is 1. The fraction of sp³-hybridized carbons (Fsp3) is 0.346. The molecule has 0 saturated heterocycles. The average Bonchev–Trinajstić information content (AvgIpc) is 2.80. The van der Waals surface area contributed by atoms with Crippen LogP contribution < -0.4 is 5.32 Å². The minimum absolute atomic E-state index is 0.145. The average molecular weight is 402 g/mol. The minimum Gasteiger partial charge on any atom is -0.353 e. The van der Waals surface area contributed by atoms with Crippen molar-refractivity contribution in [2.24, 2.45) is 0 Å². The normalized spacial score (nSPS) is 10.8. The third kappa shape index (κ3) is 8.16. The molecule has 156 valence electrons. The van der Waals surface area contributed by atoms with Crippen molar-refractivity contribution in [1.82, 2.24) is 15.3 Å². The highest BCUT2D eigenvalue weighted by molar-refractivity contribution is 5.76. The van der Waals surface area contributed by atoms with Crippen LogP contribution in [0.15, 0.2) is 79.4 Å². The zero-order valence-electron chi connectivity index (χ0n) is 17.5. The molecule has 0 radical (unpaired) electrons. The lowest BCUT2D eigenvalue weighted by Gasteiger charge is -2.19. The molecule has 3 aromatic rings. The van der Waals surface area contributed by atoms with Crippen molar-refractivity contribution in [3.8, 4) is 0 Å². The largest absolute Gasteiger partial charge is 0.353 e. The Morgan fingerprint density at radius 2 is 1.30 bits per heavy atom. The van der Waals surface area contributed by atoms with E-state index in [2.05, 4.69) is 39.6 Å². The van der Waals surface area contributed by atoms with Crippen molar-refractivity contribution in [2.45, 2.75) is 57.4 Å². The Hall–Kier alpha value is -3.01. The van der Waals surface area contributed by atoms with Crippen LogP contribution in [-0.4, -0.2) is 21.9 Å². The quantitative estimate of drug-likeness (QED) is 0.468. The van der Waals surface area contributed by atoms with Gasteiger partial charge in [-0.05, 0) is 73.8 Å². The maximum atomic E-state index is 12.6. The summed E-state index contributed by atoms with van der Waals surface area (Å²) in [5.41, 5.74) is 3.71. The molecule has 1 N–H and O–H groups in total. The molecule has 0 atom stereocenters. The number of hydrogen-bond acceptors (Lipinski definition) is 3. The number of rotatable bonds is 12. The van der Waals surface area contributed by atoms with Gasteiger partial charge < -0.3 is 5.32 Å². The zero-order valence-corrected chi connectivity index (χ0v) is 17.5. The number of benzene rings is 1. The van der Waals surface area contributed by atoms with E-state index in [0.717, 1.165) is 44.9 Å². The highest BCUT2D eigenvalue weighted by Gasteiger charge is 2.13. The van der Waals surface area contributed by atoms with E-state index in [1.165, 1.54) is 16.7 Å². The number of amides is 1. The number of carbonyl (C=O) groups excluding carboxylic acids is 1. The Balaban J connectivity index is 1.47. The maximum absolute atomic E-state index is 12.6. The molecule has 0 aliphatic heterocycles. The van der Waals surface area contributed by atoms with Gasteiger partial charge in [0.2, 0.25) is 5.91 Å². The molecule has 0 aliphatic carbocycles. The van der Waals surface area contributed by atoms with Crippen LogP contribution >= 0.6 is 0 Å². The standard InChI is InChI=1S/C26H31N3O/c30-26(17-16-22-8-2-1-3-9-22)29-25(14-4-10-23-12-6-18-27-20-23)15-5-11-24-13-7-19-28-21-24/h1-3,6-9,12-13,18-21,25H,4-5,10-11,14-17H2,(H,29,30). The first kappa shape index (κ1) is 21.7. The third-order valence-corrected chi connectivity index (χ3v) is 5.33. The van der Waals surface area contributed by atoms with E-state index in [0.29, 0.717) is 6.42 Å². The van der Waals surface area contributed by atoms with Crippen LogP contribution in [0.2, 0.25) is 0 Å². The maximum Gasteiger partial charge on any atom is 0.220 e. The molecular weight excluding hydrogens is 370 g/mol. The topological polar surface area (TPSA) is 54.9 Å². The number of aromatic nitrogens is 2. The van der Waals surface area contributed by atoms with Crippen LogP contribution in [0.1, 0.15) is 48.8 Å². The van der Waals surface area contributed by atoms with Gasteiger partial charge in [0.15, 0.2) is 0 Å². The van der Waals surface area contributed by atoms with Crippen LogP contribution in [0.25, 0.3) is 0 Å². The molecule has 1 amide bonds. The number of carbonyl (C=O) groups is 1. The summed E-state index contributed by atoms with van der Waals surface area (Å²) >= 11 is 0. The molecule has 4 nitrogen and oxygen atoms in total. The molecule has 1 aromatic carbocycles. The van der Waals surface area contributed by atoms with Gasteiger partial charge in [0.25, 0.3) is 0 Å². The van der Waals surface area contributed by atoms with Crippen molar-refractivity contribution in [3.63, 3.8) is 0 Å². The van der Waals surface area contributed by atoms with E-state index in [9.17, 15) is 4.79 Å². The van der Waals surface area contributed by atoms with Crippen LogP contribution in [0.5, 0.6) is 0 Å². The summed E-state index contributed by atoms with van der Waals surface area (Å²) in [5.74, 6) is 0.145. The summed E-state index contributed by atoms with van der Waals surface area (Å²) in [7, 11) is 0. The molecule has 0 saturated carbocycles. The second kappa shape index (κ2) is 12.5. The van der Waals surface area contributed by atoms with E-state index >= 15 is 0 Å². The molecule has 0 fully saturated rings. The van der Waals surface area contributed by atoms with Crippen molar-refractivity contribution < 1.29 is 4.79 Å². The predicted octanol–water partition coefficient (Wildman–Crippen LogP) is 4.94. The Morgan fingerprint density at radius 1 is 0.733 bits per heavy atom. The molecule has 4 heteroatoms. The summed E-state index contributed by atoms with van der Waals surface area (Å²) in [6.07, 6.45) is 14.8. The summed E-state index contributed by atoms with van der Waals surface area (Å²) in [4.78, 5) is 20.9. The van der Waals surface area contributed by atoms with Crippen molar-refractivity contribution >= 4 is 5.91 Å². The minimum atomic E-state index is 0.145. The van der Waals surface area contributed by atoms with Gasteiger partial charge in [-0.15, -0.1) is 0 Å². The number of pyridine rings is 2. The van der Waals surface area contributed by atoms with Gasteiger partial charge in [-0.25, -0.2) is 0 Å². The molecule has 30 heavy (non-hydrogen) atoms. The molecule has 2 heterocycles. The van der Waals surface area contributed by atoms with Gasteiger partial charge in [-0.2, -0.15) is 0 Å². The van der Waals surface area contributed by atoms with E-state index < -0.39 is 0 Å². The highest BCUT2D eigenvalue weighted by Crippen LogP contribution is 2.13. The number of nitrogens with zero attached hydrogens (tertiary/aromatic N) is 2. The predicted molar refractivity (Wildman–Crippen MR) is 121 cm³/mol. The molecule has 0 aliphatic rings. The molecule has 0 spiro atoms. The first-order valence-corrected chi connectivity index (χ1v) is 10.9. The van der Waals surface area contributed by atoms with Gasteiger partial charge in [0.05, 0.1) is 0 Å². The highest BCUT2D eigenvalue weighted by atomic mass is 16.1. The van der Waals surface area contributed by atoms with E-state index in [1.807, 2.05) is 42.7 Å².